The van der Waals surface area contributed by atoms with Crippen molar-refractivity contribution in [2.45, 2.75) is 0 Å². The second-order valence-corrected chi connectivity index (χ2v) is 5.58. The molecular formula is C18H13IO. The Morgan fingerprint density at radius 3 is 2.00 bits per heavy atom. The Morgan fingerprint density at radius 1 is 0.650 bits per heavy atom. The molecule has 2 heteroatoms. The number of hydrogen-bond acceptors (Lipinski definition) is 1. The maximum atomic E-state index is 5.89. The molecule has 0 aliphatic carbocycles. The van der Waals surface area contributed by atoms with Crippen molar-refractivity contribution in [2.24, 2.45) is 0 Å². The lowest BCUT2D eigenvalue weighted by molar-refractivity contribution is 0.483. The van der Waals surface area contributed by atoms with Crippen LogP contribution in [0.5, 0.6) is 11.5 Å². The molecule has 0 atom stereocenters. The van der Waals surface area contributed by atoms with Crippen molar-refractivity contribution in [2.75, 3.05) is 0 Å². The van der Waals surface area contributed by atoms with Crippen molar-refractivity contribution in [1.82, 2.24) is 0 Å². The second kappa shape index (κ2) is 6.09. The molecule has 0 bridgehead atoms. The summed E-state index contributed by atoms with van der Waals surface area (Å²) < 4.78 is 7.11. The van der Waals surface area contributed by atoms with E-state index in [-0.39, 0.29) is 0 Å². The zero-order valence-corrected chi connectivity index (χ0v) is 12.9. The van der Waals surface area contributed by atoms with Gasteiger partial charge >= 0.3 is 0 Å². The first kappa shape index (κ1) is 13.2. The van der Waals surface area contributed by atoms with Crippen LogP contribution < -0.4 is 4.74 Å². The van der Waals surface area contributed by atoms with E-state index in [1.807, 2.05) is 42.5 Å². The van der Waals surface area contributed by atoms with E-state index in [1.54, 1.807) is 0 Å². The molecule has 0 N–H and O–H groups in total. The van der Waals surface area contributed by atoms with Crippen LogP contribution in [0, 0.1) is 3.57 Å². The van der Waals surface area contributed by atoms with Gasteiger partial charge in [-0.25, -0.2) is 0 Å². The van der Waals surface area contributed by atoms with E-state index in [0.29, 0.717) is 0 Å². The molecule has 0 radical (unpaired) electrons. The molecule has 3 aromatic rings. The Hall–Kier alpha value is -1.81. The first-order chi connectivity index (χ1) is 9.83. The zero-order chi connectivity index (χ0) is 13.8. The summed E-state index contributed by atoms with van der Waals surface area (Å²) in [5, 5.41) is 0. The van der Waals surface area contributed by atoms with Crippen LogP contribution >= 0.6 is 22.6 Å². The van der Waals surface area contributed by atoms with Crippen molar-refractivity contribution in [3.8, 4) is 22.6 Å². The molecule has 98 valence electrons. The van der Waals surface area contributed by atoms with Gasteiger partial charge in [-0.05, 0) is 64.0 Å². The maximum Gasteiger partial charge on any atom is 0.128 e. The van der Waals surface area contributed by atoms with Crippen molar-refractivity contribution in [1.29, 1.82) is 0 Å². The summed E-state index contributed by atoms with van der Waals surface area (Å²) in [5.74, 6) is 1.71. The Bertz CT molecular complexity index is 693. The molecule has 0 saturated carbocycles. The third-order valence-corrected chi connectivity index (χ3v) is 3.94. The van der Waals surface area contributed by atoms with E-state index in [9.17, 15) is 0 Å². The van der Waals surface area contributed by atoms with Crippen LogP contribution in [0.2, 0.25) is 0 Å². The van der Waals surface area contributed by atoms with Gasteiger partial charge in [-0.1, -0.05) is 48.5 Å². The van der Waals surface area contributed by atoms with Crippen LogP contribution in [0.15, 0.2) is 78.9 Å². The lowest BCUT2D eigenvalue weighted by Gasteiger charge is -2.09. The third kappa shape index (κ3) is 3.02. The van der Waals surface area contributed by atoms with Crippen LogP contribution in [0.25, 0.3) is 11.1 Å². The van der Waals surface area contributed by atoms with Gasteiger partial charge in [0.05, 0.1) is 0 Å². The molecule has 3 rings (SSSR count). The summed E-state index contributed by atoms with van der Waals surface area (Å²) in [5.41, 5.74) is 2.40. The smallest absolute Gasteiger partial charge is 0.128 e. The highest BCUT2D eigenvalue weighted by molar-refractivity contribution is 14.1. The van der Waals surface area contributed by atoms with Gasteiger partial charge in [-0.15, -0.1) is 0 Å². The predicted octanol–water partition coefficient (Wildman–Crippen LogP) is 5.75. The van der Waals surface area contributed by atoms with Crippen molar-refractivity contribution in [3.05, 3.63) is 82.4 Å². The predicted molar refractivity (Wildman–Crippen MR) is 91.1 cm³/mol. The Balaban J connectivity index is 1.95. The number of benzene rings is 3. The molecule has 20 heavy (non-hydrogen) atoms. The fourth-order valence-electron chi connectivity index (χ4n) is 2.03. The first-order valence-electron chi connectivity index (χ1n) is 6.41. The van der Waals surface area contributed by atoms with Crippen molar-refractivity contribution >= 4 is 22.6 Å². The molecule has 0 aromatic heterocycles. The molecule has 1 nitrogen and oxygen atoms in total. The SMILES string of the molecule is Ic1ccc(Oc2ccccc2)cc1-c1ccccc1. The summed E-state index contributed by atoms with van der Waals surface area (Å²) in [6.07, 6.45) is 0. The number of rotatable bonds is 3. The Kier molecular flexibility index (Phi) is 4.02. The molecule has 0 fully saturated rings. The average Bonchev–Trinajstić information content (AvgIpc) is 2.51. The highest BCUT2D eigenvalue weighted by Crippen LogP contribution is 2.31. The molecule has 0 spiro atoms. The molecule has 0 aliphatic heterocycles. The molecule has 0 unspecified atom stereocenters. The van der Waals surface area contributed by atoms with Gasteiger partial charge in [-0.3, -0.25) is 0 Å². The van der Waals surface area contributed by atoms with Gasteiger partial charge in [0.25, 0.3) is 0 Å². The summed E-state index contributed by atoms with van der Waals surface area (Å²) in [6, 6.07) is 26.4. The second-order valence-electron chi connectivity index (χ2n) is 4.42. The van der Waals surface area contributed by atoms with Gasteiger partial charge in [0.1, 0.15) is 11.5 Å². The topological polar surface area (TPSA) is 9.23 Å². The van der Waals surface area contributed by atoms with Gasteiger partial charge in [-0.2, -0.15) is 0 Å². The van der Waals surface area contributed by atoms with Gasteiger partial charge in [0.15, 0.2) is 0 Å². The maximum absolute atomic E-state index is 5.89. The van der Waals surface area contributed by atoms with E-state index >= 15 is 0 Å². The number of ether oxygens (including phenoxy) is 1. The Morgan fingerprint density at radius 2 is 1.30 bits per heavy atom. The Labute approximate surface area is 132 Å². The largest absolute Gasteiger partial charge is 0.457 e. The summed E-state index contributed by atoms with van der Waals surface area (Å²) in [7, 11) is 0. The average molecular weight is 372 g/mol. The van der Waals surface area contributed by atoms with E-state index in [1.165, 1.54) is 14.7 Å². The minimum atomic E-state index is 0.854. The van der Waals surface area contributed by atoms with Crippen LogP contribution in [-0.4, -0.2) is 0 Å². The molecule has 3 aromatic carbocycles. The van der Waals surface area contributed by atoms with Crippen LogP contribution in [0.1, 0.15) is 0 Å². The molecule has 0 amide bonds. The van der Waals surface area contributed by atoms with E-state index in [4.69, 9.17) is 4.74 Å². The summed E-state index contributed by atoms with van der Waals surface area (Å²) in [6.45, 7) is 0. The van der Waals surface area contributed by atoms with Crippen LogP contribution in [0.4, 0.5) is 0 Å². The third-order valence-electron chi connectivity index (χ3n) is 3.00. The zero-order valence-electron chi connectivity index (χ0n) is 10.8. The monoisotopic (exact) mass is 372 g/mol. The molecular weight excluding hydrogens is 359 g/mol. The van der Waals surface area contributed by atoms with Crippen LogP contribution in [0.3, 0.4) is 0 Å². The van der Waals surface area contributed by atoms with Gasteiger partial charge in [0, 0.05) is 3.57 Å². The number of hydrogen-bond donors (Lipinski definition) is 0. The van der Waals surface area contributed by atoms with E-state index < -0.39 is 0 Å². The molecule has 0 heterocycles. The van der Waals surface area contributed by atoms with Crippen LogP contribution in [-0.2, 0) is 0 Å². The summed E-state index contributed by atoms with van der Waals surface area (Å²) in [4.78, 5) is 0. The number of halogens is 1. The molecule has 0 aliphatic rings. The highest BCUT2D eigenvalue weighted by atomic mass is 127. The van der Waals surface area contributed by atoms with Crippen molar-refractivity contribution < 1.29 is 4.74 Å². The fraction of sp³-hybridized carbons (Fsp3) is 0. The lowest BCUT2D eigenvalue weighted by Crippen LogP contribution is -1.87. The number of para-hydroxylation sites is 1. The molecule has 0 saturated heterocycles. The van der Waals surface area contributed by atoms with E-state index in [2.05, 4.69) is 59.0 Å². The highest BCUT2D eigenvalue weighted by Gasteiger charge is 2.05. The van der Waals surface area contributed by atoms with Gasteiger partial charge in [0.2, 0.25) is 0 Å². The minimum absolute atomic E-state index is 0.854. The lowest BCUT2D eigenvalue weighted by atomic mass is 10.1. The van der Waals surface area contributed by atoms with Gasteiger partial charge < -0.3 is 4.74 Å². The van der Waals surface area contributed by atoms with E-state index in [0.717, 1.165) is 11.5 Å². The quantitative estimate of drug-likeness (QED) is 0.532. The standard InChI is InChI=1S/C18H13IO/c19-18-12-11-16(20-15-9-5-2-6-10-15)13-17(18)14-7-3-1-4-8-14/h1-13H. The summed E-state index contributed by atoms with van der Waals surface area (Å²) >= 11 is 2.36. The first-order valence-corrected chi connectivity index (χ1v) is 7.49. The normalized spacial score (nSPS) is 10.2. The minimum Gasteiger partial charge on any atom is -0.457 e. The fourth-order valence-corrected chi connectivity index (χ4v) is 2.68. The van der Waals surface area contributed by atoms with Crippen molar-refractivity contribution in [3.63, 3.8) is 0 Å².